The minimum Gasteiger partial charge on any atom is -0.465 e. The fourth-order valence-corrected chi connectivity index (χ4v) is 5.31. The van der Waals surface area contributed by atoms with E-state index in [1.165, 1.54) is 23.0 Å². The number of hydrogen-bond acceptors (Lipinski definition) is 8. The van der Waals surface area contributed by atoms with Crippen molar-refractivity contribution in [3.05, 3.63) is 22.9 Å². The molecule has 12 heteroatoms. The number of nitrogen functional groups attached to an aromatic ring is 1. The maximum absolute atomic E-state index is 11.2. The molecule has 2 aromatic heterocycles. The highest BCUT2D eigenvalue weighted by Gasteiger charge is 2.26. The van der Waals surface area contributed by atoms with Gasteiger partial charge in [0.25, 0.3) is 0 Å². The number of benzene rings is 1. The van der Waals surface area contributed by atoms with Crippen molar-refractivity contribution in [2.24, 2.45) is 5.92 Å². The van der Waals surface area contributed by atoms with Gasteiger partial charge >= 0.3 is 6.09 Å². The van der Waals surface area contributed by atoms with Crippen LogP contribution in [0, 0.1) is 5.92 Å². The average Bonchev–Trinajstić information content (AvgIpc) is 3.34. The van der Waals surface area contributed by atoms with Gasteiger partial charge in [-0.05, 0) is 46.8 Å². The molecule has 0 spiro atoms. The summed E-state index contributed by atoms with van der Waals surface area (Å²) in [7, 11) is 0. The number of fused-ring (bicyclic) bond motifs is 2. The van der Waals surface area contributed by atoms with Crippen molar-refractivity contribution < 1.29 is 19.4 Å². The number of hydrogen-bond donors (Lipinski definition) is 2. The number of amides is 1. The van der Waals surface area contributed by atoms with Crippen LogP contribution in [0.1, 0.15) is 12.8 Å². The summed E-state index contributed by atoms with van der Waals surface area (Å²) in [6.07, 6.45) is 2.14. The number of carboxylic acid groups (broad SMARTS) is 1. The Hall–Kier alpha value is -2.73. The van der Waals surface area contributed by atoms with E-state index in [4.69, 9.17) is 20.2 Å². The minimum absolute atomic E-state index is 0.204. The van der Waals surface area contributed by atoms with Crippen LogP contribution >= 0.6 is 27.7 Å². The molecule has 0 unspecified atom stereocenters. The number of anilines is 1. The van der Waals surface area contributed by atoms with Crippen LogP contribution in [0.4, 0.5) is 10.6 Å². The highest BCUT2D eigenvalue weighted by atomic mass is 79.9. The molecular formula is C19H19BrN6O4S. The summed E-state index contributed by atoms with van der Waals surface area (Å²) < 4.78 is 13.9. The predicted octanol–water partition coefficient (Wildman–Crippen LogP) is 3.44. The zero-order valence-electron chi connectivity index (χ0n) is 16.3. The first-order chi connectivity index (χ1) is 15.0. The van der Waals surface area contributed by atoms with Gasteiger partial charge in [0.05, 0.1) is 0 Å². The Morgan fingerprint density at radius 3 is 2.74 bits per heavy atom. The molecule has 0 atom stereocenters. The number of piperidine rings is 1. The highest BCUT2D eigenvalue weighted by molar-refractivity contribution is 9.10. The first kappa shape index (κ1) is 20.2. The Bertz CT molecular complexity index is 1160. The predicted molar refractivity (Wildman–Crippen MR) is 116 cm³/mol. The number of nitrogens with two attached hydrogens (primary N) is 1. The third-order valence-corrected chi connectivity index (χ3v) is 7.45. The van der Waals surface area contributed by atoms with Gasteiger partial charge in [-0.1, -0.05) is 11.8 Å². The van der Waals surface area contributed by atoms with Crippen LogP contribution in [0.2, 0.25) is 0 Å². The van der Waals surface area contributed by atoms with Gasteiger partial charge in [0.2, 0.25) is 6.79 Å². The molecule has 31 heavy (non-hydrogen) atoms. The van der Waals surface area contributed by atoms with Crippen molar-refractivity contribution >= 4 is 50.8 Å². The third-order valence-electron chi connectivity index (χ3n) is 5.48. The molecule has 162 valence electrons. The lowest BCUT2D eigenvalue weighted by Gasteiger charge is -2.30. The van der Waals surface area contributed by atoms with Crippen LogP contribution in [0.3, 0.4) is 0 Å². The molecule has 3 N–H and O–H groups in total. The average molecular weight is 507 g/mol. The van der Waals surface area contributed by atoms with Crippen LogP contribution in [0.5, 0.6) is 11.5 Å². The Balaban J connectivity index is 1.47. The quantitative estimate of drug-likeness (QED) is 0.546. The van der Waals surface area contributed by atoms with Gasteiger partial charge < -0.3 is 29.8 Å². The first-order valence-electron chi connectivity index (χ1n) is 9.71. The van der Waals surface area contributed by atoms with E-state index in [0.29, 0.717) is 54.0 Å². The van der Waals surface area contributed by atoms with Gasteiger partial charge in [0.1, 0.15) is 6.33 Å². The van der Waals surface area contributed by atoms with E-state index in [1.807, 2.05) is 12.1 Å². The molecular weight excluding hydrogens is 488 g/mol. The molecule has 10 nitrogen and oxygen atoms in total. The van der Waals surface area contributed by atoms with Gasteiger partial charge in [-0.3, -0.25) is 0 Å². The number of ether oxygens (including phenoxy) is 2. The lowest BCUT2D eigenvalue weighted by atomic mass is 9.97. The summed E-state index contributed by atoms with van der Waals surface area (Å²) >= 11 is 5.08. The van der Waals surface area contributed by atoms with Crippen molar-refractivity contribution in [2.45, 2.75) is 29.4 Å². The smallest absolute Gasteiger partial charge is 0.407 e. The molecule has 1 amide bonds. The Morgan fingerprint density at radius 2 is 2.00 bits per heavy atom. The summed E-state index contributed by atoms with van der Waals surface area (Å²) in [5.74, 6) is 2.03. The van der Waals surface area contributed by atoms with E-state index in [9.17, 15) is 9.90 Å². The number of carbonyl (C=O) groups is 1. The van der Waals surface area contributed by atoms with Gasteiger partial charge in [-0.25, -0.2) is 19.7 Å². The van der Waals surface area contributed by atoms with E-state index in [0.717, 1.165) is 27.4 Å². The van der Waals surface area contributed by atoms with Crippen LogP contribution < -0.4 is 15.2 Å². The first-order valence-corrected chi connectivity index (χ1v) is 11.3. The maximum Gasteiger partial charge on any atom is 0.407 e. The number of aromatic nitrogens is 4. The summed E-state index contributed by atoms with van der Waals surface area (Å²) in [6.45, 7) is 1.93. The second kappa shape index (κ2) is 8.08. The van der Waals surface area contributed by atoms with Gasteiger partial charge in [-0.2, -0.15) is 0 Å². The molecule has 1 fully saturated rings. The van der Waals surface area contributed by atoms with Crippen molar-refractivity contribution in [3.8, 4) is 11.5 Å². The minimum atomic E-state index is -0.865. The lowest BCUT2D eigenvalue weighted by Crippen LogP contribution is -2.38. The summed E-state index contributed by atoms with van der Waals surface area (Å²) in [4.78, 5) is 26.8. The van der Waals surface area contributed by atoms with E-state index in [1.54, 1.807) is 0 Å². The van der Waals surface area contributed by atoms with Crippen molar-refractivity contribution in [2.75, 3.05) is 25.6 Å². The summed E-state index contributed by atoms with van der Waals surface area (Å²) in [5, 5.41) is 9.95. The fourth-order valence-electron chi connectivity index (χ4n) is 3.82. The standard InChI is InChI=1S/C19H19BrN6O4S/c20-11-5-12-13(30-9-29-12)6-14(11)31-18-24-15-16(21)22-8-23-17(15)26(18)7-10-1-3-25(4-2-10)19(27)28/h5-6,8,10H,1-4,7,9H2,(H,27,28)(H2,21,22,23). The van der Waals surface area contributed by atoms with E-state index >= 15 is 0 Å². The molecule has 0 aliphatic carbocycles. The van der Waals surface area contributed by atoms with E-state index in [2.05, 4.69) is 30.5 Å². The SMILES string of the molecule is Nc1ncnc2c1nc(Sc1cc3c(cc1Br)OCO3)n2CC1CCN(C(=O)O)CC1. The van der Waals surface area contributed by atoms with Gasteiger partial charge in [0, 0.05) is 29.0 Å². The van der Waals surface area contributed by atoms with Crippen molar-refractivity contribution in [3.63, 3.8) is 0 Å². The number of nitrogens with zero attached hydrogens (tertiary/aromatic N) is 5. The molecule has 2 aliphatic heterocycles. The second-order valence-electron chi connectivity index (χ2n) is 7.39. The maximum atomic E-state index is 11.2. The fraction of sp³-hybridized carbons (Fsp3) is 0.368. The largest absolute Gasteiger partial charge is 0.465 e. The molecule has 0 radical (unpaired) electrons. The van der Waals surface area contributed by atoms with Crippen LogP contribution in [-0.2, 0) is 6.54 Å². The molecule has 5 rings (SSSR count). The molecule has 1 aromatic carbocycles. The van der Waals surface area contributed by atoms with Crippen LogP contribution in [0.15, 0.2) is 33.0 Å². The monoisotopic (exact) mass is 506 g/mol. The number of imidazole rings is 1. The Labute approximate surface area is 189 Å². The molecule has 2 aliphatic rings. The van der Waals surface area contributed by atoms with Crippen LogP contribution in [-0.4, -0.2) is 55.5 Å². The zero-order valence-corrected chi connectivity index (χ0v) is 18.7. The Morgan fingerprint density at radius 1 is 1.26 bits per heavy atom. The van der Waals surface area contributed by atoms with Gasteiger partial charge in [-0.15, -0.1) is 0 Å². The molecule has 0 bridgehead atoms. The molecule has 3 aromatic rings. The van der Waals surface area contributed by atoms with Gasteiger partial charge in [0.15, 0.2) is 33.6 Å². The normalized spacial score (nSPS) is 16.2. The highest BCUT2D eigenvalue weighted by Crippen LogP contribution is 2.43. The number of likely N-dealkylation sites (tertiary alicyclic amines) is 1. The van der Waals surface area contributed by atoms with Crippen molar-refractivity contribution in [1.29, 1.82) is 0 Å². The van der Waals surface area contributed by atoms with E-state index < -0.39 is 6.09 Å². The van der Waals surface area contributed by atoms with Crippen LogP contribution in [0.25, 0.3) is 11.2 Å². The lowest BCUT2D eigenvalue weighted by molar-refractivity contribution is 0.121. The molecule has 1 saturated heterocycles. The zero-order chi connectivity index (χ0) is 21.5. The Kier molecular flexibility index (Phi) is 5.26. The summed E-state index contributed by atoms with van der Waals surface area (Å²) in [5.41, 5.74) is 7.30. The van der Waals surface area contributed by atoms with Crippen molar-refractivity contribution in [1.82, 2.24) is 24.4 Å². The molecule has 4 heterocycles. The number of halogens is 1. The summed E-state index contributed by atoms with van der Waals surface area (Å²) in [6, 6.07) is 3.80. The molecule has 0 saturated carbocycles. The second-order valence-corrected chi connectivity index (χ2v) is 9.25. The van der Waals surface area contributed by atoms with E-state index in [-0.39, 0.29) is 6.79 Å². The third kappa shape index (κ3) is 3.85. The number of rotatable bonds is 4. The topological polar surface area (TPSA) is 129 Å².